The van der Waals surface area contributed by atoms with Crippen molar-refractivity contribution in [3.05, 3.63) is 110 Å². The molecule has 2 heterocycles. The Bertz CT molecular complexity index is 1570. The number of nitrogens with two attached hydrogens (primary N) is 1. The maximum Gasteiger partial charge on any atom is 0.338 e. The first kappa shape index (κ1) is 28.6. The van der Waals surface area contributed by atoms with Crippen LogP contribution < -0.4 is 10.6 Å². The molecule has 0 bridgehead atoms. The van der Waals surface area contributed by atoms with Gasteiger partial charge in [-0.1, -0.05) is 41.9 Å². The van der Waals surface area contributed by atoms with Crippen LogP contribution in [0, 0.1) is 11.7 Å². The Labute approximate surface area is 246 Å². The second kappa shape index (κ2) is 11.9. The molecule has 0 unspecified atom stereocenters. The number of esters is 2. The lowest BCUT2D eigenvalue weighted by Crippen LogP contribution is -2.46. The number of carbonyl (C=O) groups is 3. The molecule has 212 valence electrons. The molecule has 1 aromatic heterocycles. The quantitative estimate of drug-likeness (QED) is 0.262. The van der Waals surface area contributed by atoms with Crippen molar-refractivity contribution in [2.75, 3.05) is 18.1 Å². The number of allylic oxidation sites excluding steroid dienone is 2. The Hall–Kier alpha value is -3.95. The van der Waals surface area contributed by atoms with Crippen molar-refractivity contribution in [3.8, 4) is 0 Å². The van der Waals surface area contributed by atoms with Crippen LogP contribution in [0.4, 0.5) is 10.1 Å². The van der Waals surface area contributed by atoms with Gasteiger partial charge in [0.15, 0.2) is 5.78 Å². The van der Waals surface area contributed by atoms with Gasteiger partial charge in [0, 0.05) is 27.1 Å². The molecule has 0 amide bonds. The zero-order chi connectivity index (χ0) is 29.3. The van der Waals surface area contributed by atoms with Crippen molar-refractivity contribution in [2.45, 2.75) is 32.1 Å². The average Bonchev–Trinajstić information content (AvgIpc) is 3.48. The maximum atomic E-state index is 15.4. The number of rotatable bonds is 7. The van der Waals surface area contributed by atoms with Crippen molar-refractivity contribution in [1.29, 1.82) is 0 Å². The molecular formula is C31H28ClFN2O5S. The monoisotopic (exact) mass is 594 g/mol. The summed E-state index contributed by atoms with van der Waals surface area (Å²) in [6, 6.07) is 16.4. The summed E-state index contributed by atoms with van der Waals surface area (Å²) >= 11 is 7.77. The van der Waals surface area contributed by atoms with Gasteiger partial charge in [0.1, 0.15) is 17.6 Å². The number of hydrogen-bond donors (Lipinski definition) is 1. The van der Waals surface area contributed by atoms with Crippen LogP contribution in [0.25, 0.3) is 0 Å². The highest BCUT2D eigenvalue weighted by Gasteiger charge is 2.51. The van der Waals surface area contributed by atoms with Gasteiger partial charge in [0.2, 0.25) is 0 Å². The fraction of sp³-hybridized carbons (Fsp3) is 0.258. The Balaban J connectivity index is 1.83. The number of halogens is 2. The third kappa shape index (κ3) is 5.15. The number of nitrogens with zero attached hydrogens (tertiary/aromatic N) is 1. The molecule has 0 saturated carbocycles. The standard InChI is InChI=1S/C31H28ClFN2O5S/c1-3-39-30(37)25-19(23-13-8-14-41-23)16-22-26(28(25)36)24(17-9-7-10-18(32)15-17)27(31(38)40-4-2)29(34)35(22)21-12-6-5-11-20(21)33/h5-15,19,24-25H,3-4,16,34H2,1-2H3/t19-,24+,25+/m0/s1. The van der Waals surface area contributed by atoms with E-state index in [0.29, 0.717) is 16.3 Å². The van der Waals surface area contributed by atoms with Crippen molar-refractivity contribution in [1.82, 2.24) is 0 Å². The molecule has 5 rings (SSSR count). The zero-order valence-corrected chi connectivity index (χ0v) is 24.0. The highest BCUT2D eigenvalue weighted by atomic mass is 35.5. The first-order chi connectivity index (χ1) is 19.8. The van der Waals surface area contributed by atoms with E-state index >= 15 is 4.39 Å². The lowest BCUT2D eigenvalue weighted by Gasteiger charge is -2.43. The second-order valence-electron chi connectivity index (χ2n) is 9.57. The minimum atomic E-state index is -1.18. The number of Topliss-reactive ketones (excluding diaryl/α,β-unsaturated/α-hetero) is 1. The number of benzene rings is 2. The molecule has 41 heavy (non-hydrogen) atoms. The van der Waals surface area contributed by atoms with Crippen molar-refractivity contribution < 1.29 is 28.2 Å². The zero-order valence-electron chi connectivity index (χ0n) is 22.4. The minimum Gasteiger partial charge on any atom is -0.465 e. The molecule has 2 aliphatic rings. The van der Waals surface area contributed by atoms with Gasteiger partial charge in [0.05, 0.1) is 30.4 Å². The van der Waals surface area contributed by atoms with Crippen LogP contribution in [-0.4, -0.2) is 30.9 Å². The molecule has 2 N–H and O–H groups in total. The van der Waals surface area contributed by atoms with Crippen LogP contribution in [0.1, 0.15) is 42.5 Å². The number of ketones is 1. The number of anilines is 1. The maximum absolute atomic E-state index is 15.4. The molecule has 10 heteroatoms. The van der Waals surface area contributed by atoms with Crippen molar-refractivity contribution in [3.63, 3.8) is 0 Å². The summed E-state index contributed by atoms with van der Waals surface area (Å²) in [4.78, 5) is 43.8. The summed E-state index contributed by atoms with van der Waals surface area (Å²) in [6.07, 6.45) is 0.160. The van der Waals surface area contributed by atoms with Gasteiger partial charge in [-0.15, -0.1) is 11.3 Å². The second-order valence-corrected chi connectivity index (χ2v) is 11.0. The van der Waals surface area contributed by atoms with E-state index in [9.17, 15) is 14.4 Å². The summed E-state index contributed by atoms with van der Waals surface area (Å²) in [5.41, 5.74) is 7.83. The molecule has 7 nitrogen and oxygen atoms in total. The Morgan fingerprint density at radius 2 is 1.83 bits per heavy atom. The van der Waals surface area contributed by atoms with E-state index in [1.54, 1.807) is 44.2 Å². The highest BCUT2D eigenvalue weighted by Crippen LogP contribution is 2.52. The molecular weight excluding hydrogens is 567 g/mol. The van der Waals surface area contributed by atoms with Crippen molar-refractivity contribution >= 4 is 46.3 Å². The highest BCUT2D eigenvalue weighted by molar-refractivity contribution is 7.10. The molecule has 3 aromatic rings. The lowest BCUT2D eigenvalue weighted by molar-refractivity contribution is -0.152. The van der Waals surface area contributed by atoms with Crippen LogP contribution in [0.2, 0.25) is 5.02 Å². The summed E-state index contributed by atoms with van der Waals surface area (Å²) in [5.74, 6) is -5.40. The summed E-state index contributed by atoms with van der Waals surface area (Å²) < 4.78 is 26.2. The normalized spacial score (nSPS) is 20.6. The molecule has 0 saturated heterocycles. The van der Waals surface area contributed by atoms with E-state index in [1.807, 2.05) is 17.5 Å². The third-order valence-corrected chi connectivity index (χ3v) is 8.50. The third-order valence-electron chi connectivity index (χ3n) is 7.26. The Morgan fingerprint density at radius 3 is 2.49 bits per heavy atom. The van der Waals surface area contributed by atoms with Gasteiger partial charge in [0.25, 0.3) is 0 Å². The molecule has 3 atom stereocenters. The topological polar surface area (TPSA) is 98.9 Å². The van der Waals surface area contributed by atoms with E-state index in [1.165, 1.54) is 34.4 Å². The summed E-state index contributed by atoms with van der Waals surface area (Å²) in [5, 5.41) is 2.24. The Morgan fingerprint density at radius 1 is 1.07 bits per heavy atom. The van der Waals surface area contributed by atoms with Crippen LogP contribution in [0.15, 0.2) is 88.7 Å². The van der Waals surface area contributed by atoms with E-state index in [-0.39, 0.29) is 42.3 Å². The summed E-state index contributed by atoms with van der Waals surface area (Å²) in [6.45, 7) is 3.46. The molecule has 1 aliphatic heterocycles. The smallest absolute Gasteiger partial charge is 0.338 e. The number of para-hydroxylation sites is 1. The van der Waals surface area contributed by atoms with E-state index < -0.39 is 41.3 Å². The first-order valence-electron chi connectivity index (χ1n) is 13.2. The van der Waals surface area contributed by atoms with Gasteiger partial charge < -0.3 is 15.2 Å². The summed E-state index contributed by atoms with van der Waals surface area (Å²) in [7, 11) is 0. The van der Waals surface area contributed by atoms with Gasteiger partial charge in [-0.2, -0.15) is 0 Å². The van der Waals surface area contributed by atoms with Crippen LogP contribution in [-0.2, 0) is 23.9 Å². The number of thiophene rings is 1. The number of carbonyl (C=O) groups excluding carboxylic acids is 3. The van der Waals surface area contributed by atoms with Gasteiger partial charge in [-0.05, 0) is 61.5 Å². The SMILES string of the molecule is CCOC(=O)C1=C(N)N(c2ccccc2F)C2=C(C(=O)[C@H](C(=O)OCC)[C@H](c3cccs3)C2)[C@H]1c1cccc(Cl)c1. The largest absolute Gasteiger partial charge is 0.465 e. The lowest BCUT2D eigenvalue weighted by atomic mass is 9.68. The first-order valence-corrected chi connectivity index (χ1v) is 14.5. The predicted molar refractivity (Wildman–Crippen MR) is 155 cm³/mol. The van der Waals surface area contributed by atoms with E-state index in [4.69, 9.17) is 26.8 Å². The average molecular weight is 595 g/mol. The Kier molecular flexibility index (Phi) is 8.28. The van der Waals surface area contributed by atoms with Crippen LogP contribution in [0.5, 0.6) is 0 Å². The van der Waals surface area contributed by atoms with Crippen molar-refractivity contribution in [2.24, 2.45) is 11.7 Å². The molecule has 0 fully saturated rings. The molecule has 1 aliphatic carbocycles. The molecule has 0 spiro atoms. The van der Waals surface area contributed by atoms with Gasteiger partial charge >= 0.3 is 11.9 Å². The predicted octanol–water partition coefficient (Wildman–Crippen LogP) is 6.07. The van der Waals surface area contributed by atoms with E-state index in [2.05, 4.69) is 0 Å². The van der Waals surface area contributed by atoms with Crippen LogP contribution >= 0.6 is 22.9 Å². The fourth-order valence-electron chi connectivity index (χ4n) is 5.64. The minimum absolute atomic E-state index is 0.0401. The van der Waals surface area contributed by atoms with Gasteiger partial charge in [-0.3, -0.25) is 14.5 Å². The van der Waals surface area contributed by atoms with Gasteiger partial charge in [-0.25, -0.2) is 9.18 Å². The van der Waals surface area contributed by atoms with E-state index in [0.717, 1.165) is 4.88 Å². The fourth-order valence-corrected chi connectivity index (χ4v) is 6.70. The van der Waals surface area contributed by atoms with Crippen LogP contribution in [0.3, 0.4) is 0 Å². The molecule has 0 radical (unpaired) electrons. The number of ether oxygens (including phenoxy) is 2. The number of hydrogen-bond acceptors (Lipinski definition) is 8. The molecule has 2 aromatic carbocycles.